The minimum atomic E-state index is -4.40. The summed E-state index contributed by atoms with van der Waals surface area (Å²) >= 11 is 0. The summed E-state index contributed by atoms with van der Waals surface area (Å²) in [5, 5.41) is 8.56. The topological polar surface area (TPSA) is 101 Å². The van der Waals surface area contributed by atoms with Gasteiger partial charge in [-0.05, 0) is 19.3 Å². The van der Waals surface area contributed by atoms with Crippen molar-refractivity contribution in [3.63, 3.8) is 0 Å². The van der Waals surface area contributed by atoms with Crippen LogP contribution in [-0.4, -0.2) is 30.2 Å². The number of aliphatic carboxylic acids is 1. The normalized spacial score (nSPS) is 13.0. The fourth-order valence-corrected chi connectivity index (χ4v) is 3.46. The Bertz CT molecular complexity index is 421. The standard InChI is InChI=1S/C18H36O6S/c1-2-3-4-5-6-8-11-14-17(24-25(21,22)23)15-12-9-7-10-13-16-18(19)20/h17H,2-16H2,1H3,(H,19,20)(H,21,22,23). The van der Waals surface area contributed by atoms with Gasteiger partial charge in [-0.25, -0.2) is 4.18 Å². The van der Waals surface area contributed by atoms with Gasteiger partial charge in [-0.1, -0.05) is 77.6 Å². The molecule has 0 aromatic heterocycles. The molecule has 2 N–H and O–H groups in total. The third-order valence-corrected chi connectivity index (χ3v) is 4.82. The molecule has 0 aliphatic heterocycles. The van der Waals surface area contributed by atoms with E-state index in [0.29, 0.717) is 19.3 Å². The number of hydrogen-bond donors (Lipinski definition) is 2. The Kier molecular flexibility index (Phi) is 15.2. The minimum absolute atomic E-state index is 0.201. The summed E-state index contributed by atoms with van der Waals surface area (Å²) in [6.07, 6.45) is 13.3. The van der Waals surface area contributed by atoms with Crippen molar-refractivity contribution in [2.45, 2.75) is 109 Å². The first-order chi connectivity index (χ1) is 11.8. The molecule has 25 heavy (non-hydrogen) atoms. The Morgan fingerprint density at radius 1 is 0.840 bits per heavy atom. The van der Waals surface area contributed by atoms with Crippen molar-refractivity contribution in [2.24, 2.45) is 0 Å². The second-order valence-corrected chi connectivity index (χ2v) is 7.80. The van der Waals surface area contributed by atoms with Gasteiger partial charge in [0.15, 0.2) is 0 Å². The first-order valence-electron chi connectivity index (χ1n) is 9.72. The lowest BCUT2D eigenvalue weighted by molar-refractivity contribution is -0.137. The molecule has 0 fully saturated rings. The Hall–Kier alpha value is -0.660. The molecule has 0 amide bonds. The summed E-state index contributed by atoms with van der Waals surface area (Å²) in [5.74, 6) is -0.767. The lowest BCUT2D eigenvalue weighted by Gasteiger charge is -2.15. The van der Waals surface area contributed by atoms with E-state index in [4.69, 9.17) is 13.8 Å². The maximum absolute atomic E-state index is 11.0. The minimum Gasteiger partial charge on any atom is -0.481 e. The van der Waals surface area contributed by atoms with E-state index in [9.17, 15) is 13.2 Å². The molecule has 6 nitrogen and oxygen atoms in total. The van der Waals surface area contributed by atoms with Gasteiger partial charge in [0, 0.05) is 6.42 Å². The first kappa shape index (κ1) is 24.3. The van der Waals surface area contributed by atoms with E-state index in [-0.39, 0.29) is 6.42 Å². The molecule has 7 heteroatoms. The lowest BCUT2D eigenvalue weighted by Crippen LogP contribution is -2.18. The van der Waals surface area contributed by atoms with E-state index in [1.807, 2.05) is 0 Å². The van der Waals surface area contributed by atoms with E-state index in [1.165, 1.54) is 25.7 Å². The van der Waals surface area contributed by atoms with E-state index in [0.717, 1.165) is 44.9 Å². The number of rotatable bonds is 18. The molecule has 0 spiro atoms. The molecule has 0 heterocycles. The molecular weight excluding hydrogens is 344 g/mol. The van der Waals surface area contributed by atoms with E-state index in [1.54, 1.807) is 0 Å². The van der Waals surface area contributed by atoms with Crippen molar-refractivity contribution in [3.8, 4) is 0 Å². The third kappa shape index (κ3) is 19.5. The molecule has 0 saturated heterocycles. The molecular formula is C18H36O6S. The van der Waals surface area contributed by atoms with E-state index < -0.39 is 22.5 Å². The monoisotopic (exact) mass is 380 g/mol. The summed E-state index contributed by atoms with van der Waals surface area (Å²) < 4.78 is 35.6. The van der Waals surface area contributed by atoms with Crippen LogP contribution in [-0.2, 0) is 19.4 Å². The van der Waals surface area contributed by atoms with Crippen LogP contribution in [0.15, 0.2) is 0 Å². The molecule has 0 radical (unpaired) electrons. The predicted molar refractivity (Wildman–Crippen MR) is 99.0 cm³/mol. The summed E-state index contributed by atoms with van der Waals surface area (Å²) in [7, 11) is -4.40. The summed E-state index contributed by atoms with van der Waals surface area (Å²) in [4.78, 5) is 10.4. The Morgan fingerprint density at radius 3 is 1.72 bits per heavy atom. The van der Waals surface area contributed by atoms with Crippen molar-refractivity contribution in [2.75, 3.05) is 0 Å². The van der Waals surface area contributed by atoms with Crippen LogP contribution in [0.1, 0.15) is 103 Å². The van der Waals surface area contributed by atoms with Gasteiger partial charge in [0.2, 0.25) is 0 Å². The number of carbonyl (C=O) groups is 1. The number of carboxylic acid groups (broad SMARTS) is 1. The van der Waals surface area contributed by atoms with Gasteiger partial charge in [0.1, 0.15) is 0 Å². The second-order valence-electron chi connectivity index (χ2n) is 6.76. The highest BCUT2D eigenvalue weighted by molar-refractivity contribution is 7.80. The highest BCUT2D eigenvalue weighted by Crippen LogP contribution is 2.18. The zero-order valence-corrected chi connectivity index (χ0v) is 16.4. The molecule has 0 saturated carbocycles. The van der Waals surface area contributed by atoms with Gasteiger partial charge >= 0.3 is 16.4 Å². The molecule has 0 bridgehead atoms. The Morgan fingerprint density at radius 2 is 1.28 bits per heavy atom. The molecule has 0 rings (SSSR count). The molecule has 0 aliphatic rings. The highest BCUT2D eigenvalue weighted by atomic mass is 32.3. The van der Waals surface area contributed by atoms with Gasteiger partial charge in [0.05, 0.1) is 6.10 Å². The Balaban J connectivity index is 3.84. The van der Waals surface area contributed by atoms with Crippen LogP contribution < -0.4 is 0 Å². The lowest BCUT2D eigenvalue weighted by atomic mass is 10.0. The molecule has 0 aliphatic carbocycles. The SMILES string of the molecule is CCCCCCCCCC(CCCCCCCC(=O)O)OS(=O)(=O)O. The van der Waals surface area contributed by atoms with Crippen LogP contribution >= 0.6 is 0 Å². The zero-order chi connectivity index (χ0) is 19.0. The summed E-state index contributed by atoms with van der Waals surface area (Å²) in [6.45, 7) is 2.18. The average molecular weight is 381 g/mol. The fourth-order valence-electron chi connectivity index (χ4n) is 2.92. The zero-order valence-electron chi connectivity index (χ0n) is 15.6. The largest absolute Gasteiger partial charge is 0.481 e. The van der Waals surface area contributed by atoms with E-state index >= 15 is 0 Å². The van der Waals surface area contributed by atoms with Crippen molar-refractivity contribution in [3.05, 3.63) is 0 Å². The van der Waals surface area contributed by atoms with Crippen LogP contribution in [0.2, 0.25) is 0 Å². The van der Waals surface area contributed by atoms with Crippen LogP contribution in [0, 0.1) is 0 Å². The van der Waals surface area contributed by atoms with Crippen LogP contribution in [0.4, 0.5) is 0 Å². The molecule has 1 atom stereocenters. The summed E-state index contributed by atoms with van der Waals surface area (Å²) in [6, 6.07) is 0. The van der Waals surface area contributed by atoms with Crippen LogP contribution in [0.5, 0.6) is 0 Å². The van der Waals surface area contributed by atoms with Crippen molar-refractivity contribution < 1.29 is 27.1 Å². The number of hydrogen-bond acceptors (Lipinski definition) is 4. The van der Waals surface area contributed by atoms with Gasteiger partial charge in [0.25, 0.3) is 0 Å². The quantitative estimate of drug-likeness (QED) is 0.252. The maximum Gasteiger partial charge on any atom is 0.397 e. The first-order valence-corrected chi connectivity index (χ1v) is 11.1. The van der Waals surface area contributed by atoms with E-state index in [2.05, 4.69) is 6.92 Å². The van der Waals surface area contributed by atoms with Gasteiger partial charge < -0.3 is 5.11 Å². The van der Waals surface area contributed by atoms with Crippen molar-refractivity contribution in [1.29, 1.82) is 0 Å². The van der Waals surface area contributed by atoms with Gasteiger partial charge in [-0.15, -0.1) is 0 Å². The molecule has 0 aromatic rings. The number of carboxylic acids is 1. The highest BCUT2D eigenvalue weighted by Gasteiger charge is 2.16. The smallest absolute Gasteiger partial charge is 0.397 e. The fraction of sp³-hybridized carbons (Fsp3) is 0.944. The third-order valence-electron chi connectivity index (χ3n) is 4.30. The predicted octanol–water partition coefficient (Wildman–Crippen LogP) is 5.13. The van der Waals surface area contributed by atoms with Crippen molar-refractivity contribution in [1.82, 2.24) is 0 Å². The van der Waals surface area contributed by atoms with Gasteiger partial charge in [-0.3, -0.25) is 9.35 Å². The van der Waals surface area contributed by atoms with Gasteiger partial charge in [-0.2, -0.15) is 8.42 Å². The molecule has 1 unspecified atom stereocenters. The molecule has 0 aromatic carbocycles. The second kappa shape index (κ2) is 15.6. The average Bonchev–Trinajstić information content (AvgIpc) is 2.51. The van der Waals surface area contributed by atoms with Crippen LogP contribution in [0.25, 0.3) is 0 Å². The Labute approximate surface area is 153 Å². The maximum atomic E-state index is 11.0. The number of unbranched alkanes of at least 4 members (excludes halogenated alkanes) is 10. The van der Waals surface area contributed by atoms with Crippen LogP contribution in [0.3, 0.4) is 0 Å². The summed E-state index contributed by atoms with van der Waals surface area (Å²) in [5.41, 5.74) is 0. The molecule has 150 valence electrons. The van der Waals surface area contributed by atoms with Crippen molar-refractivity contribution >= 4 is 16.4 Å².